The van der Waals surface area contributed by atoms with Crippen molar-refractivity contribution in [2.24, 2.45) is 0 Å². The fraction of sp³-hybridized carbons (Fsp3) is 0.438. The van der Waals surface area contributed by atoms with Crippen LogP contribution < -0.4 is 21.1 Å². The van der Waals surface area contributed by atoms with E-state index in [0.29, 0.717) is 17.8 Å². The van der Waals surface area contributed by atoms with Crippen molar-refractivity contribution in [3.8, 4) is 0 Å². The predicted molar refractivity (Wildman–Crippen MR) is 94.0 cm³/mol. The molecule has 7 nitrogen and oxygen atoms in total. The Morgan fingerprint density at radius 1 is 1.25 bits per heavy atom. The first kappa shape index (κ1) is 19.9. The summed E-state index contributed by atoms with van der Waals surface area (Å²) in [4.78, 5) is 35.3. The van der Waals surface area contributed by atoms with E-state index in [1.165, 1.54) is 5.01 Å². The number of hydrogen-bond donors (Lipinski definition) is 3. The van der Waals surface area contributed by atoms with Crippen LogP contribution in [0.5, 0.6) is 0 Å². The second kappa shape index (κ2) is 9.24. The van der Waals surface area contributed by atoms with Crippen molar-refractivity contribution in [2.45, 2.75) is 32.7 Å². The first-order valence-corrected chi connectivity index (χ1v) is 7.75. The van der Waals surface area contributed by atoms with Crippen molar-refractivity contribution < 1.29 is 14.4 Å². The molecule has 8 heteroatoms. The molecule has 1 aromatic rings. The number of carbonyl (C=O) groups is 3. The van der Waals surface area contributed by atoms with Gasteiger partial charge in [0.15, 0.2) is 0 Å². The van der Waals surface area contributed by atoms with Crippen molar-refractivity contribution in [1.82, 2.24) is 16.1 Å². The molecule has 0 unspecified atom stereocenters. The van der Waals surface area contributed by atoms with Gasteiger partial charge in [-0.05, 0) is 37.7 Å². The monoisotopic (exact) mass is 354 g/mol. The molecule has 0 bridgehead atoms. The van der Waals surface area contributed by atoms with E-state index in [1.807, 2.05) is 13.8 Å². The van der Waals surface area contributed by atoms with Crippen molar-refractivity contribution in [2.75, 3.05) is 18.1 Å². The summed E-state index contributed by atoms with van der Waals surface area (Å²) in [6.07, 6.45) is 0.399. The average molecular weight is 355 g/mol. The Hall–Kier alpha value is -2.12. The highest BCUT2D eigenvalue weighted by atomic mass is 35.5. The number of benzene rings is 1. The number of halogens is 1. The zero-order valence-electron chi connectivity index (χ0n) is 13.8. The number of nitrogens with zero attached hydrogens (tertiary/aromatic N) is 1. The molecule has 24 heavy (non-hydrogen) atoms. The molecule has 1 atom stereocenters. The van der Waals surface area contributed by atoms with Gasteiger partial charge in [-0.1, -0.05) is 6.92 Å². The molecule has 3 amide bonds. The van der Waals surface area contributed by atoms with Gasteiger partial charge in [-0.2, -0.15) is 0 Å². The van der Waals surface area contributed by atoms with Gasteiger partial charge < -0.3 is 10.6 Å². The lowest BCUT2D eigenvalue weighted by Crippen LogP contribution is -2.50. The first-order chi connectivity index (χ1) is 11.0. The van der Waals surface area contributed by atoms with Crippen LogP contribution in [0.15, 0.2) is 24.3 Å². The van der Waals surface area contributed by atoms with E-state index in [2.05, 4.69) is 16.1 Å². The number of hydrazine groups is 1. The first-order valence-electron chi connectivity index (χ1n) is 7.75. The maximum absolute atomic E-state index is 12.1. The third-order valence-corrected chi connectivity index (χ3v) is 3.56. The maximum Gasteiger partial charge on any atom is 0.251 e. The summed E-state index contributed by atoms with van der Waals surface area (Å²) in [5.41, 5.74) is 3.57. The van der Waals surface area contributed by atoms with Gasteiger partial charge in [0, 0.05) is 31.0 Å². The molecule has 2 rings (SSSR count). The Balaban J connectivity index is 0.00000288. The Morgan fingerprint density at radius 3 is 2.54 bits per heavy atom. The smallest absolute Gasteiger partial charge is 0.251 e. The molecule has 0 radical (unpaired) electrons. The second-order valence-corrected chi connectivity index (χ2v) is 5.48. The minimum Gasteiger partial charge on any atom is -0.350 e. The van der Waals surface area contributed by atoms with E-state index < -0.39 is 0 Å². The third-order valence-electron chi connectivity index (χ3n) is 3.56. The van der Waals surface area contributed by atoms with Crippen LogP contribution in [0.4, 0.5) is 5.69 Å². The standard InChI is InChI=1S/C16H22N4O3.ClH/c1-3-17-11(2)10-18-16(23)12-4-6-13(7-5-12)20-15(22)9-8-14(21)19-20;/h4-7,11,17H,3,8-10H2,1-2H3,(H,18,23)(H,19,21);1H/t11-;/m1./s1. The summed E-state index contributed by atoms with van der Waals surface area (Å²) in [5, 5.41) is 7.28. The van der Waals surface area contributed by atoms with Crippen molar-refractivity contribution in [3.05, 3.63) is 29.8 Å². The maximum atomic E-state index is 12.1. The molecule has 1 saturated heterocycles. The van der Waals surface area contributed by atoms with Crippen LogP contribution in [0, 0.1) is 0 Å². The van der Waals surface area contributed by atoms with E-state index >= 15 is 0 Å². The molecular formula is C16H23ClN4O3. The van der Waals surface area contributed by atoms with E-state index in [9.17, 15) is 14.4 Å². The van der Waals surface area contributed by atoms with Crippen molar-refractivity contribution in [3.63, 3.8) is 0 Å². The molecule has 1 fully saturated rings. The molecule has 1 heterocycles. The molecule has 0 aromatic heterocycles. The van der Waals surface area contributed by atoms with Crippen molar-refractivity contribution >= 4 is 35.8 Å². The van der Waals surface area contributed by atoms with Gasteiger partial charge in [0.1, 0.15) is 0 Å². The number of likely N-dealkylation sites (N-methyl/N-ethyl adjacent to an activating group) is 1. The summed E-state index contributed by atoms with van der Waals surface area (Å²) >= 11 is 0. The molecule has 0 spiro atoms. The fourth-order valence-electron chi connectivity index (χ4n) is 2.31. The molecule has 1 aromatic carbocycles. The highest BCUT2D eigenvalue weighted by Gasteiger charge is 2.24. The van der Waals surface area contributed by atoms with Gasteiger partial charge in [-0.15, -0.1) is 12.4 Å². The van der Waals surface area contributed by atoms with E-state index in [1.54, 1.807) is 24.3 Å². The molecule has 1 aliphatic rings. The molecule has 0 aliphatic carbocycles. The zero-order valence-corrected chi connectivity index (χ0v) is 14.6. The minimum atomic E-state index is -0.191. The highest BCUT2D eigenvalue weighted by Crippen LogP contribution is 2.17. The third kappa shape index (κ3) is 5.21. The molecule has 1 aliphatic heterocycles. The number of rotatable bonds is 6. The summed E-state index contributed by atoms with van der Waals surface area (Å²) in [6, 6.07) is 6.76. The van der Waals surface area contributed by atoms with Gasteiger partial charge in [0.2, 0.25) is 11.8 Å². The van der Waals surface area contributed by atoms with Gasteiger partial charge in [-0.3, -0.25) is 19.8 Å². The summed E-state index contributed by atoms with van der Waals surface area (Å²) in [6.45, 7) is 5.39. The van der Waals surface area contributed by atoms with Gasteiger partial charge >= 0.3 is 0 Å². The van der Waals surface area contributed by atoms with Crippen LogP contribution in [0.3, 0.4) is 0 Å². The van der Waals surface area contributed by atoms with Crippen LogP contribution >= 0.6 is 12.4 Å². The van der Waals surface area contributed by atoms with Crippen LogP contribution in [-0.4, -0.2) is 36.9 Å². The summed E-state index contributed by atoms with van der Waals surface area (Å²) in [5.74, 6) is -0.527. The number of anilines is 1. The summed E-state index contributed by atoms with van der Waals surface area (Å²) in [7, 11) is 0. The highest BCUT2D eigenvalue weighted by molar-refractivity contribution is 6.01. The lowest BCUT2D eigenvalue weighted by atomic mass is 10.1. The van der Waals surface area contributed by atoms with Gasteiger partial charge in [-0.25, -0.2) is 5.01 Å². The van der Waals surface area contributed by atoms with E-state index in [0.717, 1.165) is 6.54 Å². The SMILES string of the molecule is CCN[C@H](C)CNC(=O)c1ccc(N2NC(=O)CCC2=O)cc1.Cl. The van der Waals surface area contributed by atoms with Gasteiger partial charge in [0.25, 0.3) is 5.91 Å². The van der Waals surface area contributed by atoms with Crippen LogP contribution in [0.1, 0.15) is 37.0 Å². The number of nitrogens with one attached hydrogen (secondary N) is 3. The molecule has 3 N–H and O–H groups in total. The average Bonchev–Trinajstić information content (AvgIpc) is 2.55. The number of hydrogen-bond acceptors (Lipinski definition) is 4. The summed E-state index contributed by atoms with van der Waals surface area (Å²) < 4.78 is 0. The van der Waals surface area contributed by atoms with E-state index in [4.69, 9.17) is 0 Å². The number of amides is 3. The topological polar surface area (TPSA) is 90.5 Å². The predicted octanol–water partition coefficient (Wildman–Crippen LogP) is 0.994. The Bertz CT molecular complexity index is 591. The number of carbonyl (C=O) groups excluding carboxylic acids is 3. The lowest BCUT2D eigenvalue weighted by Gasteiger charge is -2.27. The second-order valence-electron chi connectivity index (χ2n) is 5.48. The van der Waals surface area contributed by atoms with E-state index in [-0.39, 0.29) is 49.0 Å². The van der Waals surface area contributed by atoms with Crippen LogP contribution in [-0.2, 0) is 9.59 Å². The molecule has 0 saturated carbocycles. The lowest BCUT2D eigenvalue weighted by molar-refractivity contribution is -0.130. The van der Waals surface area contributed by atoms with Crippen LogP contribution in [0.25, 0.3) is 0 Å². The quantitative estimate of drug-likeness (QED) is 0.710. The van der Waals surface area contributed by atoms with Gasteiger partial charge in [0.05, 0.1) is 5.69 Å². The largest absolute Gasteiger partial charge is 0.350 e. The minimum absolute atomic E-state index is 0. The Morgan fingerprint density at radius 2 is 1.92 bits per heavy atom. The Kier molecular flexibility index (Phi) is 7.67. The zero-order chi connectivity index (χ0) is 16.8. The normalized spacial score (nSPS) is 15.3. The van der Waals surface area contributed by atoms with Crippen molar-refractivity contribution in [1.29, 1.82) is 0 Å². The van der Waals surface area contributed by atoms with Crippen LogP contribution in [0.2, 0.25) is 0 Å². The fourth-order valence-corrected chi connectivity index (χ4v) is 2.31. The molecular weight excluding hydrogens is 332 g/mol. The molecule has 132 valence electrons. The Labute approximate surface area is 147 Å².